The van der Waals surface area contributed by atoms with E-state index in [1.165, 1.54) is 0 Å². The molecule has 13 nitrogen and oxygen atoms in total. The van der Waals surface area contributed by atoms with Crippen molar-refractivity contribution >= 4 is 17.8 Å². The van der Waals surface area contributed by atoms with Crippen LogP contribution in [0.1, 0.15) is 53.4 Å². The Bertz CT molecular complexity index is 645. The lowest BCUT2D eigenvalue weighted by Gasteiger charge is -2.19. The number of carbonyl (C=O) groups excluding carboxylic acids is 3. The van der Waals surface area contributed by atoms with Gasteiger partial charge in [-0.1, -0.05) is 6.92 Å². The number of hydrogen-bond donors (Lipinski definition) is 2. The largest absolute Gasteiger partial charge is 0.460 e. The molecule has 0 rings (SSSR count). The van der Waals surface area contributed by atoms with Gasteiger partial charge in [-0.15, -0.1) is 0 Å². The molecule has 2 amide bonds. The van der Waals surface area contributed by atoms with Crippen molar-refractivity contribution in [3.05, 3.63) is 0 Å². The number of nitrogens with one attached hydrogen (secondary N) is 2. The smallest absolute Gasteiger partial charge is 0.308 e. The number of esters is 1. The van der Waals surface area contributed by atoms with Crippen LogP contribution in [0.25, 0.3) is 0 Å². The quantitative estimate of drug-likeness (QED) is 0.0952. The van der Waals surface area contributed by atoms with Gasteiger partial charge in [-0.2, -0.15) is 0 Å². The van der Waals surface area contributed by atoms with E-state index >= 15 is 0 Å². The molecular formula is C28H54N2O11. The van der Waals surface area contributed by atoms with Gasteiger partial charge in [-0.3, -0.25) is 14.4 Å². The lowest BCUT2D eigenvalue weighted by Crippen LogP contribution is -2.29. The zero-order valence-electron chi connectivity index (χ0n) is 25.6. The van der Waals surface area contributed by atoms with Crippen molar-refractivity contribution in [2.75, 3.05) is 106 Å². The first-order valence-electron chi connectivity index (χ1n) is 14.5. The molecule has 0 heterocycles. The van der Waals surface area contributed by atoms with E-state index in [-0.39, 0.29) is 50.3 Å². The summed E-state index contributed by atoms with van der Waals surface area (Å²) >= 11 is 0. The highest BCUT2D eigenvalue weighted by molar-refractivity contribution is 5.76. The van der Waals surface area contributed by atoms with Crippen molar-refractivity contribution in [3.63, 3.8) is 0 Å². The predicted octanol–water partition coefficient (Wildman–Crippen LogP) is 1.26. The molecule has 0 aromatic heterocycles. The molecule has 0 fully saturated rings. The molecule has 0 atom stereocenters. The molecule has 13 heteroatoms. The third-order valence-corrected chi connectivity index (χ3v) is 4.79. The van der Waals surface area contributed by atoms with Gasteiger partial charge in [-0.25, -0.2) is 0 Å². The number of hydrogen-bond acceptors (Lipinski definition) is 11. The normalized spacial score (nSPS) is 11.4. The van der Waals surface area contributed by atoms with Gasteiger partial charge < -0.3 is 48.5 Å². The zero-order valence-corrected chi connectivity index (χ0v) is 25.6. The first-order chi connectivity index (χ1) is 19.7. The second kappa shape index (κ2) is 28.3. The van der Waals surface area contributed by atoms with Crippen molar-refractivity contribution in [3.8, 4) is 0 Å². The lowest BCUT2D eigenvalue weighted by molar-refractivity contribution is -0.156. The van der Waals surface area contributed by atoms with Gasteiger partial charge in [0.1, 0.15) is 5.60 Å². The SMILES string of the molecule is CCCOCCOCCOCCC(=O)NCCOCCOCCC(=O)NCCOCCOCCC(=O)OC(C)(C)C. The maximum atomic E-state index is 11.8. The van der Waals surface area contributed by atoms with Gasteiger partial charge in [0.05, 0.1) is 92.3 Å². The maximum absolute atomic E-state index is 11.8. The summed E-state index contributed by atoms with van der Waals surface area (Å²) in [4.78, 5) is 35.1. The zero-order chi connectivity index (χ0) is 30.4. The number of amides is 2. The summed E-state index contributed by atoms with van der Waals surface area (Å²) in [6.45, 7) is 14.2. The summed E-state index contributed by atoms with van der Waals surface area (Å²) in [5, 5.41) is 5.51. The molecule has 0 unspecified atom stereocenters. The van der Waals surface area contributed by atoms with E-state index in [1.54, 1.807) is 0 Å². The molecular weight excluding hydrogens is 540 g/mol. The maximum Gasteiger partial charge on any atom is 0.308 e. The van der Waals surface area contributed by atoms with Gasteiger partial charge in [-0.05, 0) is 27.2 Å². The van der Waals surface area contributed by atoms with Crippen LogP contribution in [0.2, 0.25) is 0 Å². The van der Waals surface area contributed by atoms with E-state index in [0.717, 1.165) is 13.0 Å². The Balaban J connectivity index is 3.32. The average molecular weight is 595 g/mol. The van der Waals surface area contributed by atoms with Crippen molar-refractivity contribution in [2.24, 2.45) is 0 Å². The highest BCUT2D eigenvalue weighted by Gasteiger charge is 2.15. The average Bonchev–Trinajstić information content (AvgIpc) is 2.91. The van der Waals surface area contributed by atoms with Crippen molar-refractivity contribution < 1.29 is 52.3 Å². The third kappa shape index (κ3) is 32.5. The molecule has 0 saturated carbocycles. The highest BCUT2D eigenvalue weighted by Crippen LogP contribution is 2.08. The number of carbonyl (C=O) groups is 3. The summed E-state index contributed by atoms with van der Waals surface area (Å²) < 4.78 is 42.7. The summed E-state index contributed by atoms with van der Waals surface area (Å²) in [5.74, 6) is -0.517. The Kier molecular flexibility index (Phi) is 27.0. The fraction of sp³-hybridized carbons (Fsp3) is 0.893. The fourth-order valence-corrected chi connectivity index (χ4v) is 2.91. The monoisotopic (exact) mass is 594 g/mol. The number of ether oxygens (including phenoxy) is 8. The van der Waals surface area contributed by atoms with Crippen LogP contribution >= 0.6 is 0 Å². The van der Waals surface area contributed by atoms with Crippen LogP contribution in [0.3, 0.4) is 0 Å². The van der Waals surface area contributed by atoms with E-state index < -0.39 is 5.60 Å². The summed E-state index contributed by atoms with van der Waals surface area (Å²) in [5.41, 5.74) is -0.496. The topological polar surface area (TPSA) is 149 Å². The van der Waals surface area contributed by atoms with Gasteiger partial charge in [0.25, 0.3) is 0 Å². The Hall–Kier alpha value is -1.87. The fourth-order valence-electron chi connectivity index (χ4n) is 2.91. The Labute approximate surface area is 245 Å². The predicted molar refractivity (Wildman–Crippen MR) is 152 cm³/mol. The summed E-state index contributed by atoms with van der Waals surface area (Å²) in [6, 6.07) is 0. The highest BCUT2D eigenvalue weighted by atomic mass is 16.6. The molecule has 0 aromatic carbocycles. The van der Waals surface area contributed by atoms with Crippen molar-refractivity contribution in [2.45, 2.75) is 59.0 Å². The molecule has 0 aliphatic heterocycles. The minimum Gasteiger partial charge on any atom is -0.460 e. The van der Waals surface area contributed by atoms with E-state index in [0.29, 0.717) is 85.8 Å². The second-order valence-corrected chi connectivity index (χ2v) is 9.82. The van der Waals surface area contributed by atoms with Crippen LogP contribution in [-0.4, -0.2) is 129 Å². The van der Waals surface area contributed by atoms with Gasteiger partial charge in [0, 0.05) is 32.5 Å². The molecule has 2 N–H and O–H groups in total. The lowest BCUT2D eigenvalue weighted by atomic mass is 10.2. The molecule has 0 spiro atoms. The third-order valence-electron chi connectivity index (χ3n) is 4.79. The van der Waals surface area contributed by atoms with Crippen LogP contribution in [0.5, 0.6) is 0 Å². The molecule has 0 saturated heterocycles. The Morgan fingerprint density at radius 2 is 0.829 bits per heavy atom. The van der Waals surface area contributed by atoms with Crippen LogP contribution < -0.4 is 10.6 Å². The van der Waals surface area contributed by atoms with E-state index in [1.807, 2.05) is 20.8 Å². The minimum atomic E-state index is -0.496. The van der Waals surface area contributed by atoms with Gasteiger partial charge in [0.15, 0.2) is 0 Å². The van der Waals surface area contributed by atoms with Crippen LogP contribution in [-0.2, 0) is 52.3 Å². The standard InChI is InChI=1S/C28H54N2O11/c1-5-11-34-17-23-40-24-20-36-13-7-26(32)29-9-15-38-21-18-35-12-6-25(31)30-10-16-39-22-19-37-14-8-27(33)41-28(2,3)4/h5-24H2,1-4H3,(H,29,32)(H,30,31). The molecule has 0 aliphatic carbocycles. The van der Waals surface area contributed by atoms with E-state index in [9.17, 15) is 14.4 Å². The first-order valence-corrected chi connectivity index (χ1v) is 14.5. The van der Waals surface area contributed by atoms with Crippen molar-refractivity contribution in [1.82, 2.24) is 10.6 Å². The minimum absolute atomic E-state index is 0.0984. The molecule has 242 valence electrons. The first kappa shape index (κ1) is 39.1. The van der Waals surface area contributed by atoms with E-state index in [2.05, 4.69) is 17.6 Å². The molecule has 0 aliphatic rings. The summed E-state index contributed by atoms with van der Waals surface area (Å²) in [7, 11) is 0. The summed E-state index contributed by atoms with van der Waals surface area (Å²) in [6.07, 6.45) is 1.71. The second-order valence-electron chi connectivity index (χ2n) is 9.82. The molecule has 0 radical (unpaired) electrons. The van der Waals surface area contributed by atoms with Gasteiger partial charge in [0.2, 0.25) is 11.8 Å². The van der Waals surface area contributed by atoms with Crippen LogP contribution in [0.4, 0.5) is 0 Å². The van der Waals surface area contributed by atoms with Crippen molar-refractivity contribution in [1.29, 1.82) is 0 Å². The Morgan fingerprint density at radius 3 is 1.22 bits per heavy atom. The molecule has 0 aromatic rings. The molecule has 41 heavy (non-hydrogen) atoms. The van der Waals surface area contributed by atoms with Crippen LogP contribution in [0, 0.1) is 0 Å². The number of rotatable bonds is 29. The van der Waals surface area contributed by atoms with E-state index in [4.69, 9.17) is 37.9 Å². The van der Waals surface area contributed by atoms with Crippen LogP contribution in [0.15, 0.2) is 0 Å². The molecule has 0 bridgehead atoms. The van der Waals surface area contributed by atoms with Gasteiger partial charge >= 0.3 is 5.97 Å². The Morgan fingerprint density at radius 1 is 0.488 bits per heavy atom.